The van der Waals surface area contributed by atoms with Crippen LogP contribution in [0.3, 0.4) is 0 Å². The highest BCUT2D eigenvalue weighted by atomic mass is 79.9. The zero-order valence-corrected chi connectivity index (χ0v) is 12.9. The molecular weight excluding hydrogens is 318 g/mol. The minimum Gasteiger partial charge on any atom is -0.495 e. The molecule has 4 heteroatoms. The molecule has 0 heterocycles. The molecule has 0 aromatic heterocycles. The van der Waals surface area contributed by atoms with Gasteiger partial charge in [0.1, 0.15) is 24.2 Å². The molecule has 0 radical (unpaired) electrons. The summed E-state index contributed by atoms with van der Waals surface area (Å²) in [6.45, 7) is 2.43. The van der Waals surface area contributed by atoms with Crippen LogP contribution >= 0.6 is 15.9 Å². The van der Waals surface area contributed by atoms with E-state index in [1.165, 1.54) is 5.56 Å². The number of aryl methyl sites for hydroxylation is 1. The molecule has 0 bridgehead atoms. The fraction of sp³-hybridized carbons (Fsp3) is 0.188. The van der Waals surface area contributed by atoms with Crippen LogP contribution in [0.2, 0.25) is 0 Å². The van der Waals surface area contributed by atoms with Gasteiger partial charge in [-0.3, -0.25) is 0 Å². The van der Waals surface area contributed by atoms with Gasteiger partial charge in [-0.2, -0.15) is 5.26 Å². The number of hydrogen-bond acceptors (Lipinski definition) is 3. The predicted octanol–water partition coefficient (Wildman–Crippen LogP) is 4.22. The van der Waals surface area contributed by atoms with Gasteiger partial charge in [0.25, 0.3) is 0 Å². The maximum absolute atomic E-state index is 9.06. The standard InChI is InChI=1S/C16H14BrNO2/c1-11-3-5-16(14(17)7-11)20-10-12-4-6-15(19-2)13(8-12)9-18/h3-8H,10H2,1-2H3. The van der Waals surface area contributed by atoms with Crippen molar-refractivity contribution in [2.24, 2.45) is 0 Å². The van der Waals surface area contributed by atoms with Crippen LogP contribution in [0.15, 0.2) is 40.9 Å². The normalized spacial score (nSPS) is 9.90. The van der Waals surface area contributed by atoms with Crippen LogP contribution in [-0.4, -0.2) is 7.11 Å². The van der Waals surface area contributed by atoms with Crippen molar-refractivity contribution in [3.63, 3.8) is 0 Å². The Morgan fingerprint density at radius 3 is 2.55 bits per heavy atom. The molecule has 0 atom stereocenters. The SMILES string of the molecule is COc1ccc(COc2ccc(C)cc2Br)cc1C#N. The summed E-state index contributed by atoms with van der Waals surface area (Å²) >= 11 is 3.47. The molecule has 0 saturated carbocycles. The van der Waals surface area contributed by atoms with Crippen LogP contribution in [-0.2, 0) is 6.61 Å². The highest BCUT2D eigenvalue weighted by Gasteiger charge is 2.06. The van der Waals surface area contributed by atoms with Gasteiger partial charge in [0.15, 0.2) is 0 Å². The molecule has 0 saturated heterocycles. The molecule has 0 N–H and O–H groups in total. The van der Waals surface area contributed by atoms with Crippen molar-refractivity contribution in [2.75, 3.05) is 7.11 Å². The van der Waals surface area contributed by atoms with Gasteiger partial charge in [-0.05, 0) is 58.2 Å². The molecule has 0 unspecified atom stereocenters. The monoisotopic (exact) mass is 331 g/mol. The van der Waals surface area contributed by atoms with E-state index >= 15 is 0 Å². The van der Waals surface area contributed by atoms with Crippen molar-refractivity contribution in [3.05, 3.63) is 57.6 Å². The third-order valence-corrected chi connectivity index (χ3v) is 3.49. The minimum atomic E-state index is 0.403. The lowest BCUT2D eigenvalue weighted by molar-refractivity contribution is 0.304. The first-order valence-corrected chi connectivity index (χ1v) is 6.89. The van der Waals surface area contributed by atoms with Crippen molar-refractivity contribution < 1.29 is 9.47 Å². The Kier molecular flexibility index (Phi) is 4.65. The smallest absolute Gasteiger partial charge is 0.136 e. The lowest BCUT2D eigenvalue weighted by Crippen LogP contribution is -1.98. The second-order valence-electron chi connectivity index (χ2n) is 4.37. The van der Waals surface area contributed by atoms with Crippen LogP contribution in [0.4, 0.5) is 0 Å². The zero-order valence-electron chi connectivity index (χ0n) is 11.3. The highest BCUT2D eigenvalue weighted by molar-refractivity contribution is 9.10. The third kappa shape index (κ3) is 3.31. The largest absolute Gasteiger partial charge is 0.495 e. The Labute approximate surface area is 126 Å². The third-order valence-electron chi connectivity index (χ3n) is 2.87. The molecule has 0 fully saturated rings. The van der Waals surface area contributed by atoms with E-state index in [2.05, 4.69) is 22.0 Å². The van der Waals surface area contributed by atoms with Crippen molar-refractivity contribution >= 4 is 15.9 Å². The second kappa shape index (κ2) is 6.44. The molecule has 0 aliphatic carbocycles. The highest BCUT2D eigenvalue weighted by Crippen LogP contribution is 2.27. The van der Waals surface area contributed by atoms with E-state index in [9.17, 15) is 0 Å². The maximum atomic E-state index is 9.06. The lowest BCUT2D eigenvalue weighted by Gasteiger charge is -2.10. The molecule has 0 amide bonds. The van der Waals surface area contributed by atoms with Gasteiger partial charge in [0.2, 0.25) is 0 Å². The first kappa shape index (κ1) is 14.4. The number of nitrogens with zero attached hydrogens (tertiary/aromatic N) is 1. The summed E-state index contributed by atoms with van der Waals surface area (Å²) in [4.78, 5) is 0. The summed E-state index contributed by atoms with van der Waals surface area (Å²) in [5, 5.41) is 9.06. The van der Waals surface area contributed by atoms with Crippen LogP contribution in [0.25, 0.3) is 0 Å². The Bertz CT molecular complexity index is 662. The Morgan fingerprint density at radius 2 is 1.90 bits per heavy atom. The first-order valence-electron chi connectivity index (χ1n) is 6.10. The fourth-order valence-corrected chi connectivity index (χ4v) is 2.42. The van der Waals surface area contributed by atoms with Gasteiger partial charge in [-0.1, -0.05) is 12.1 Å². The van der Waals surface area contributed by atoms with Crippen LogP contribution < -0.4 is 9.47 Å². The molecule has 2 rings (SSSR count). The van der Waals surface area contributed by atoms with Crippen molar-refractivity contribution in [1.29, 1.82) is 5.26 Å². The minimum absolute atomic E-state index is 0.403. The number of nitriles is 1. The number of ether oxygens (including phenoxy) is 2. The van der Waals surface area contributed by atoms with Gasteiger partial charge in [-0.15, -0.1) is 0 Å². The number of benzene rings is 2. The van der Waals surface area contributed by atoms with Crippen LogP contribution in [0, 0.1) is 18.3 Å². The Morgan fingerprint density at radius 1 is 1.15 bits per heavy atom. The summed E-state index contributed by atoms with van der Waals surface area (Å²) in [6.07, 6.45) is 0. The fourth-order valence-electron chi connectivity index (χ4n) is 1.82. The molecular formula is C16H14BrNO2. The summed E-state index contributed by atoms with van der Waals surface area (Å²) in [5.74, 6) is 1.36. The maximum Gasteiger partial charge on any atom is 0.136 e. The van der Waals surface area contributed by atoms with Crippen molar-refractivity contribution in [2.45, 2.75) is 13.5 Å². The van der Waals surface area contributed by atoms with E-state index in [1.54, 1.807) is 19.2 Å². The van der Waals surface area contributed by atoms with Gasteiger partial charge in [0, 0.05) is 0 Å². The Hall–Kier alpha value is -1.99. The average Bonchev–Trinajstić information content (AvgIpc) is 2.46. The molecule has 102 valence electrons. The van der Waals surface area contributed by atoms with Gasteiger partial charge in [-0.25, -0.2) is 0 Å². The Balaban J connectivity index is 2.13. The van der Waals surface area contributed by atoms with E-state index in [-0.39, 0.29) is 0 Å². The topological polar surface area (TPSA) is 42.2 Å². The van der Waals surface area contributed by atoms with Gasteiger partial charge < -0.3 is 9.47 Å². The van der Waals surface area contributed by atoms with Gasteiger partial charge in [0.05, 0.1) is 17.1 Å². The van der Waals surface area contributed by atoms with E-state index in [1.807, 2.05) is 31.2 Å². The average molecular weight is 332 g/mol. The van der Waals surface area contributed by atoms with Crippen LogP contribution in [0.5, 0.6) is 11.5 Å². The van der Waals surface area contributed by atoms with E-state index in [0.717, 1.165) is 15.8 Å². The number of rotatable bonds is 4. The van der Waals surface area contributed by atoms with Gasteiger partial charge >= 0.3 is 0 Å². The van der Waals surface area contributed by atoms with E-state index in [0.29, 0.717) is 17.9 Å². The number of hydrogen-bond donors (Lipinski definition) is 0. The van der Waals surface area contributed by atoms with Crippen LogP contribution in [0.1, 0.15) is 16.7 Å². The molecule has 20 heavy (non-hydrogen) atoms. The molecule has 0 aliphatic rings. The molecule has 0 spiro atoms. The molecule has 0 aliphatic heterocycles. The number of halogens is 1. The summed E-state index contributed by atoms with van der Waals surface area (Å²) in [5.41, 5.74) is 2.60. The summed E-state index contributed by atoms with van der Waals surface area (Å²) < 4.78 is 11.8. The van der Waals surface area contributed by atoms with E-state index < -0.39 is 0 Å². The summed E-state index contributed by atoms with van der Waals surface area (Å²) in [7, 11) is 1.55. The lowest BCUT2D eigenvalue weighted by atomic mass is 10.1. The van der Waals surface area contributed by atoms with Crippen molar-refractivity contribution in [3.8, 4) is 17.6 Å². The first-order chi connectivity index (χ1) is 9.63. The zero-order chi connectivity index (χ0) is 14.5. The molecule has 3 nitrogen and oxygen atoms in total. The second-order valence-corrected chi connectivity index (χ2v) is 5.22. The van der Waals surface area contributed by atoms with E-state index in [4.69, 9.17) is 14.7 Å². The predicted molar refractivity (Wildman–Crippen MR) is 80.9 cm³/mol. The molecule has 2 aromatic carbocycles. The van der Waals surface area contributed by atoms with Crippen molar-refractivity contribution in [1.82, 2.24) is 0 Å². The molecule has 2 aromatic rings. The quantitative estimate of drug-likeness (QED) is 0.842. The number of methoxy groups -OCH3 is 1. The summed E-state index contributed by atoms with van der Waals surface area (Å²) in [6, 6.07) is 13.5.